The Labute approximate surface area is 108 Å². The lowest BCUT2D eigenvalue weighted by Crippen LogP contribution is -2.24. The third-order valence-electron chi connectivity index (χ3n) is 2.80. The molecule has 3 heteroatoms. The molecule has 94 valence electrons. The molecule has 2 aromatic rings. The van der Waals surface area contributed by atoms with Crippen molar-refractivity contribution in [3.8, 4) is 0 Å². The highest BCUT2D eigenvalue weighted by atomic mass is 16.3. The lowest BCUT2D eigenvalue weighted by molar-refractivity contribution is 0.284. The second-order valence-electron chi connectivity index (χ2n) is 4.13. The van der Waals surface area contributed by atoms with Crippen molar-refractivity contribution < 1.29 is 5.11 Å². The highest BCUT2D eigenvalue weighted by molar-refractivity contribution is 5.27. The highest BCUT2D eigenvalue weighted by Gasteiger charge is 2.13. The van der Waals surface area contributed by atoms with Crippen molar-refractivity contribution in [3.05, 3.63) is 66.0 Å². The molecule has 1 unspecified atom stereocenters. The van der Waals surface area contributed by atoms with Gasteiger partial charge in [0.25, 0.3) is 0 Å². The fourth-order valence-electron chi connectivity index (χ4n) is 1.91. The number of nitrogens with one attached hydrogen (secondary N) is 1. The molecule has 0 aliphatic rings. The number of aromatic nitrogens is 1. The fraction of sp³-hybridized carbons (Fsp3) is 0.267. The predicted octanol–water partition coefficient (Wildman–Crippen LogP) is 2.14. The second kappa shape index (κ2) is 6.89. The minimum absolute atomic E-state index is 0.0824. The smallest absolute Gasteiger partial charge is 0.0751 e. The van der Waals surface area contributed by atoms with Crippen molar-refractivity contribution in [1.29, 1.82) is 0 Å². The van der Waals surface area contributed by atoms with E-state index in [0.29, 0.717) is 0 Å². The molecule has 0 aliphatic heterocycles. The molecule has 0 fully saturated rings. The van der Waals surface area contributed by atoms with Gasteiger partial charge in [0.2, 0.25) is 0 Å². The highest BCUT2D eigenvalue weighted by Crippen LogP contribution is 2.19. The third kappa shape index (κ3) is 3.39. The van der Waals surface area contributed by atoms with E-state index in [1.165, 1.54) is 5.56 Å². The Hall–Kier alpha value is -1.71. The summed E-state index contributed by atoms with van der Waals surface area (Å²) >= 11 is 0. The topological polar surface area (TPSA) is 45.1 Å². The number of aliphatic hydroxyl groups is 1. The zero-order valence-electron chi connectivity index (χ0n) is 10.3. The van der Waals surface area contributed by atoms with Crippen LogP contribution >= 0.6 is 0 Å². The summed E-state index contributed by atoms with van der Waals surface area (Å²) in [5.74, 6) is 0. The van der Waals surface area contributed by atoms with E-state index >= 15 is 0 Å². The first kappa shape index (κ1) is 12.7. The Balaban J connectivity index is 2.18. The molecular formula is C15H18N2O. The van der Waals surface area contributed by atoms with Gasteiger partial charge in [0.1, 0.15) is 0 Å². The average molecular weight is 242 g/mol. The molecular weight excluding hydrogens is 224 g/mol. The minimum atomic E-state index is 0.0824. The first-order valence-corrected chi connectivity index (χ1v) is 6.22. The summed E-state index contributed by atoms with van der Waals surface area (Å²) in [6, 6.07) is 16.2. The van der Waals surface area contributed by atoms with E-state index in [2.05, 4.69) is 22.4 Å². The van der Waals surface area contributed by atoms with Crippen LogP contribution in [0.2, 0.25) is 0 Å². The van der Waals surface area contributed by atoms with Gasteiger partial charge in [-0.1, -0.05) is 36.4 Å². The van der Waals surface area contributed by atoms with Gasteiger partial charge in [0.15, 0.2) is 0 Å². The van der Waals surface area contributed by atoms with Crippen molar-refractivity contribution in [2.45, 2.75) is 12.5 Å². The summed E-state index contributed by atoms with van der Waals surface area (Å²) in [5.41, 5.74) is 2.19. The van der Waals surface area contributed by atoms with Crippen molar-refractivity contribution in [1.82, 2.24) is 10.3 Å². The average Bonchev–Trinajstić information content (AvgIpc) is 2.46. The Morgan fingerprint density at radius 3 is 2.50 bits per heavy atom. The van der Waals surface area contributed by atoms with Crippen LogP contribution in [0.1, 0.15) is 23.7 Å². The number of hydrogen-bond acceptors (Lipinski definition) is 3. The van der Waals surface area contributed by atoms with Gasteiger partial charge >= 0.3 is 0 Å². The number of nitrogens with zero attached hydrogens (tertiary/aromatic N) is 1. The van der Waals surface area contributed by atoms with E-state index in [1.807, 2.05) is 36.4 Å². The summed E-state index contributed by atoms with van der Waals surface area (Å²) < 4.78 is 0. The largest absolute Gasteiger partial charge is 0.396 e. The molecule has 0 amide bonds. The van der Waals surface area contributed by atoms with Crippen LogP contribution in [-0.4, -0.2) is 23.2 Å². The SMILES string of the molecule is OCCCNC(c1ccccc1)c1ccccn1. The maximum atomic E-state index is 8.86. The van der Waals surface area contributed by atoms with Crippen LogP contribution in [0.3, 0.4) is 0 Å². The zero-order valence-corrected chi connectivity index (χ0v) is 10.3. The monoisotopic (exact) mass is 242 g/mol. The van der Waals surface area contributed by atoms with Gasteiger partial charge in [-0.15, -0.1) is 0 Å². The molecule has 1 heterocycles. The van der Waals surface area contributed by atoms with Gasteiger partial charge in [-0.25, -0.2) is 0 Å². The predicted molar refractivity (Wildman–Crippen MR) is 72.2 cm³/mol. The summed E-state index contributed by atoms with van der Waals surface area (Å²) in [5, 5.41) is 12.3. The van der Waals surface area contributed by atoms with E-state index in [9.17, 15) is 0 Å². The minimum Gasteiger partial charge on any atom is -0.396 e. The van der Waals surface area contributed by atoms with Crippen LogP contribution < -0.4 is 5.32 Å². The summed E-state index contributed by atoms with van der Waals surface area (Å²) in [4.78, 5) is 4.41. The molecule has 0 aliphatic carbocycles. The molecule has 1 aromatic carbocycles. The van der Waals surface area contributed by atoms with Crippen molar-refractivity contribution in [2.24, 2.45) is 0 Å². The maximum absolute atomic E-state index is 8.86. The van der Waals surface area contributed by atoms with Gasteiger partial charge < -0.3 is 10.4 Å². The molecule has 1 aromatic heterocycles. The van der Waals surface area contributed by atoms with Gasteiger partial charge in [0, 0.05) is 12.8 Å². The number of hydrogen-bond donors (Lipinski definition) is 2. The first-order valence-electron chi connectivity index (χ1n) is 6.22. The zero-order chi connectivity index (χ0) is 12.6. The van der Waals surface area contributed by atoms with Crippen LogP contribution in [0.4, 0.5) is 0 Å². The fourth-order valence-corrected chi connectivity index (χ4v) is 1.91. The summed E-state index contributed by atoms with van der Waals surface area (Å²) in [6.07, 6.45) is 2.55. The van der Waals surface area contributed by atoms with Gasteiger partial charge in [-0.3, -0.25) is 4.98 Å². The van der Waals surface area contributed by atoms with Crippen LogP contribution in [-0.2, 0) is 0 Å². The Morgan fingerprint density at radius 2 is 1.83 bits per heavy atom. The Kier molecular flexibility index (Phi) is 4.88. The molecule has 18 heavy (non-hydrogen) atoms. The van der Waals surface area contributed by atoms with Crippen molar-refractivity contribution in [3.63, 3.8) is 0 Å². The third-order valence-corrected chi connectivity index (χ3v) is 2.80. The summed E-state index contributed by atoms with van der Waals surface area (Å²) in [7, 11) is 0. The van der Waals surface area contributed by atoms with E-state index < -0.39 is 0 Å². The second-order valence-corrected chi connectivity index (χ2v) is 4.13. The van der Waals surface area contributed by atoms with Crippen molar-refractivity contribution in [2.75, 3.05) is 13.2 Å². The molecule has 3 nitrogen and oxygen atoms in total. The quantitative estimate of drug-likeness (QED) is 0.763. The van der Waals surface area contributed by atoms with E-state index in [1.54, 1.807) is 6.20 Å². The molecule has 0 radical (unpaired) electrons. The van der Waals surface area contributed by atoms with Gasteiger partial charge in [-0.05, 0) is 30.7 Å². The van der Waals surface area contributed by atoms with Gasteiger partial charge in [0.05, 0.1) is 11.7 Å². The molecule has 0 saturated carbocycles. The van der Waals surface area contributed by atoms with Crippen LogP contribution in [0.15, 0.2) is 54.7 Å². The molecule has 0 spiro atoms. The van der Waals surface area contributed by atoms with Crippen LogP contribution in [0, 0.1) is 0 Å². The Morgan fingerprint density at radius 1 is 1.06 bits per heavy atom. The van der Waals surface area contributed by atoms with Crippen molar-refractivity contribution >= 4 is 0 Å². The molecule has 2 rings (SSSR count). The molecule has 2 N–H and O–H groups in total. The van der Waals surface area contributed by atoms with Crippen LogP contribution in [0.25, 0.3) is 0 Å². The molecule has 0 bridgehead atoms. The molecule has 1 atom stereocenters. The standard InChI is InChI=1S/C15H18N2O/c18-12-6-11-17-15(13-7-2-1-3-8-13)14-9-4-5-10-16-14/h1-5,7-10,15,17-18H,6,11-12H2. The van der Waals surface area contributed by atoms with Gasteiger partial charge in [-0.2, -0.15) is 0 Å². The van der Waals surface area contributed by atoms with E-state index in [4.69, 9.17) is 5.11 Å². The molecule has 0 saturated heterocycles. The van der Waals surface area contributed by atoms with E-state index in [0.717, 1.165) is 18.7 Å². The summed E-state index contributed by atoms with van der Waals surface area (Å²) in [6.45, 7) is 0.976. The Bertz CT molecular complexity index is 405. The number of aliphatic hydroxyl groups excluding tert-OH is 1. The van der Waals surface area contributed by atoms with E-state index in [-0.39, 0.29) is 12.6 Å². The first-order chi connectivity index (χ1) is 8.92. The number of benzene rings is 1. The number of rotatable bonds is 6. The maximum Gasteiger partial charge on any atom is 0.0751 e. The number of pyridine rings is 1. The van der Waals surface area contributed by atoms with Crippen LogP contribution in [0.5, 0.6) is 0 Å². The lowest BCUT2D eigenvalue weighted by atomic mass is 10.0. The normalized spacial score (nSPS) is 12.3. The lowest BCUT2D eigenvalue weighted by Gasteiger charge is -2.18.